The number of nitrogens with two attached hydrogens (primary N) is 2. The van der Waals surface area contributed by atoms with Gasteiger partial charge in [0, 0.05) is 45.4 Å². The number of benzene rings is 3. The number of imidazole rings is 1. The first-order valence-electron chi connectivity index (χ1n) is 23.2. The van der Waals surface area contributed by atoms with E-state index in [2.05, 4.69) is 16.0 Å². The molecule has 3 aromatic carbocycles. The molecule has 8 rings (SSSR count). The van der Waals surface area contributed by atoms with Crippen molar-refractivity contribution in [2.45, 2.75) is 119 Å². The maximum atomic E-state index is 14.0. The molecule has 7 amide bonds. The van der Waals surface area contributed by atoms with Crippen LogP contribution in [0.4, 0.5) is 0 Å². The van der Waals surface area contributed by atoms with Crippen molar-refractivity contribution >= 4 is 52.4 Å². The molecule has 3 aliphatic heterocycles. The summed E-state index contributed by atoms with van der Waals surface area (Å²) in [6, 6.07) is 20.2. The van der Waals surface area contributed by atoms with E-state index < -0.39 is 59.7 Å². The average molecular weight is 902 g/mol. The highest BCUT2D eigenvalue weighted by molar-refractivity contribution is 6.00. The Hall–Kier alpha value is -6.62. The normalized spacial score (nSPS) is 23.7. The van der Waals surface area contributed by atoms with E-state index in [-0.39, 0.29) is 55.8 Å². The van der Waals surface area contributed by atoms with Crippen molar-refractivity contribution in [1.82, 2.24) is 34.9 Å². The van der Waals surface area contributed by atoms with Gasteiger partial charge in [-0.3, -0.25) is 48.0 Å². The molecule has 1 aromatic heterocycles. The van der Waals surface area contributed by atoms with Crippen LogP contribution in [0.3, 0.4) is 0 Å². The molecule has 7 N–H and O–H groups in total. The minimum absolute atomic E-state index is 0.0288. The largest absolute Gasteiger partial charge is 0.370 e. The molecular weight excluding hydrogens is 843 g/mol. The monoisotopic (exact) mass is 901 g/mol. The maximum absolute atomic E-state index is 14.0. The number of nitrogens with zero attached hydrogens (tertiary/aromatic N) is 4. The second kappa shape index (κ2) is 19.9. The fraction of sp³-hybridized carbons (Fsp3) is 0.469. The molecule has 2 unspecified atom stereocenters. The zero-order chi connectivity index (χ0) is 46.6. The molecule has 0 bridgehead atoms. The molecule has 17 nitrogen and oxygen atoms in total. The van der Waals surface area contributed by atoms with Crippen LogP contribution in [-0.4, -0.2) is 97.5 Å². The summed E-state index contributed by atoms with van der Waals surface area (Å²) in [5, 5.41) is 8.25. The third-order valence-corrected chi connectivity index (χ3v) is 14.1. The smallest absolute Gasteiger partial charge is 0.329 e. The van der Waals surface area contributed by atoms with Gasteiger partial charge in [0.15, 0.2) is 0 Å². The summed E-state index contributed by atoms with van der Waals surface area (Å²) in [6.07, 6.45) is 5.45. The van der Waals surface area contributed by atoms with Crippen LogP contribution in [0.15, 0.2) is 83.7 Å². The lowest BCUT2D eigenvalue weighted by Gasteiger charge is -2.38. The number of nitrogens with one attached hydrogen (secondary N) is 3. The second-order valence-corrected chi connectivity index (χ2v) is 18.4. The van der Waals surface area contributed by atoms with Gasteiger partial charge in [-0.15, -0.1) is 0 Å². The second-order valence-electron chi connectivity index (χ2n) is 18.4. The van der Waals surface area contributed by atoms with E-state index in [1.807, 2.05) is 78.9 Å². The highest BCUT2D eigenvalue weighted by Crippen LogP contribution is 2.45. The Morgan fingerprint density at radius 2 is 1.53 bits per heavy atom. The van der Waals surface area contributed by atoms with Crippen LogP contribution < -0.4 is 33.1 Å². The molecule has 3 saturated heterocycles. The maximum Gasteiger partial charge on any atom is 0.329 e. The fourth-order valence-electron chi connectivity index (χ4n) is 10.4. The Morgan fingerprint density at radius 3 is 2.20 bits per heavy atom. The van der Waals surface area contributed by atoms with Crippen molar-refractivity contribution in [3.63, 3.8) is 0 Å². The molecule has 4 aromatic rings. The number of primary amides is 1. The van der Waals surface area contributed by atoms with Gasteiger partial charge in [-0.1, -0.05) is 66.7 Å². The van der Waals surface area contributed by atoms with Crippen LogP contribution in [0.2, 0.25) is 0 Å². The predicted octanol–water partition coefficient (Wildman–Crippen LogP) is 2.56. The van der Waals surface area contributed by atoms with E-state index in [9.17, 15) is 38.4 Å². The summed E-state index contributed by atoms with van der Waals surface area (Å²) < 4.78 is 3.04. The zero-order valence-electron chi connectivity index (χ0n) is 37.2. The lowest BCUT2D eigenvalue weighted by molar-refractivity contribution is -0.145. The van der Waals surface area contributed by atoms with Crippen molar-refractivity contribution in [2.75, 3.05) is 13.1 Å². The van der Waals surface area contributed by atoms with Gasteiger partial charge in [-0.25, -0.2) is 4.79 Å². The number of hydrogen-bond acceptors (Lipinski definition) is 9. The molecular formula is C49H59N9O8. The average Bonchev–Trinajstić information content (AvgIpc) is 3.82. The van der Waals surface area contributed by atoms with Crippen LogP contribution in [0.1, 0.15) is 112 Å². The predicted molar refractivity (Wildman–Crippen MR) is 244 cm³/mol. The summed E-state index contributed by atoms with van der Waals surface area (Å²) in [5.74, 6) is -2.15. The van der Waals surface area contributed by atoms with E-state index in [1.165, 1.54) is 4.57 Å². The molecule has 0 spiro atoms. The van der Waals surface area contributed by atoms with Crippen molar-refractivity contribution in [3.8, 4) is 0 Å². The third-order valence-electron chi connectivity index (χ3n) is 14.1. The molecule has 4 aliphatic rings. The standard InChI is InChI=1S/C49H59N9O8/c1-55-40-27-32(15-18-37(40)58(49(55)66)39-20-22-42(60)53-47(39)64)33-25-29(26-33)9-8-14-43(61)56-24-23-34-16-19-38(57(34)48(65)35(50)28-56)46(63)52-36(17-21-41(51)59)45(62)54-44(30-10-4-2-5-11-30)31-12-6-3-7-13-31/h2-7,10-13,15,18,27,29,33-36,38-39,44H,8-9,14,16-17,19-26,28,50H2,1H3,(H2,51,59)(H,52,63)(H,54,62)(H,53,60,64)/t29?,33?,34-,35+,36+,38?,39?/m1/s1. The lowest BCUT2D eigenvalue weighted by atomic mass is 9.69. The number of carbonyl (C=O) groups excluding carboxylic acids is 7. The molecule has 348 valence electrons. The summed E-state index contributed by atoms with van der Waals surface area (Å²) in [5.41, 5.74) is 15.9. The van der Waals surface area contributed by atoms with Crippen molar-refractivity contribution < 1.29 is 33.6 Å². The SMILES string of the molecule is Cn1c(=O)n(C2CCC(=O)NC2=O)c2ccc(C3CC(CCCC(=O)N4CC[C@H]5CCC(C(=O)N[C@@H](CCC(N)=O)C(=O)NC(c6ccccc6)c6ccccc6)N5C(=O)[C@@H](N)C4)C3)cc21. The van der Waals surface area contributed by atoms with Crippen LogP contribution in [0.25, 0.3) is 11.0 Å². The number of amides is 7. The highest BCUT2D eigenvalue weighted by atomic mass is 16.2. The number of hydrogen-bond donors (Lipinski definition) is 5. The van der Waals surface area contributed by atoms with Crippen LogP contribution in [-0.2, 0) is 40.6 Å². The first kappa shape index (κ1) is 45.9. The van der Waals surface area contributed by atoms with Gasteiger partial charge in [0.05, 0.1) is 17.1 Å². The van der Waals surface area contributed by atoms with Gasteiger partial charge in [0.25, 0.3) is 0 Å². The molecule has 4 heterocycles. The first-order valence-corrected chi connectivity index (χ1v) is 23.2. The number of aromatic nitrogens is 2. The van der Waals surface area contributed by atoms with E-state index >= 15 is 0 Å². The number of imide groups is 1. The lowest BCUT2D eigenvalue weighted by Crippen LogP contribution is -2.60. The fourth-order valence-corrected chi connectivity index (χ4v) is 10.4. The number of carbonyl (C=O) groups is 7. The van der Waals surface area contributed by atoms with Gasteiger partial charge >= 0.3 is 5.69 Å². The number of rotatable bonds is 15. The van der Waals surface area contributed by atoms with Crippen LogP contribution >= 0.6 is 0 Å². The Labute approximate surface area is 382 Å². The summed E-state index contributed by atoms with van der Waals surface area (Å²) >= 11 is 0. The molecule has 66 heavy (non-hydrogen) atoms. The van der Waals surface area contributed by atoms with Gasteiger partial charge in [-0.05, 0) is 98.4 Å². The molecule has 0 radical (unpaired) electrons. The van der Waals surface area contributed by atoms with Crippen molar-refractivity contribution in [2.24, 2.45) is 24.4 Å². The summed E-state index contributed by atoms with van der Waals surface area (Å²) in [6.45, 7) is 0.419. The Kier molecular flexibility index (Phi) is 13.8. The molecule has 1 aliphatic carbocycles. The zero-order valence-corrected chi connectivity index (χ0v) is 37.2. The van der Waals surface area contributed by atoms with Gasteiger partial charge in [0.1, 0.15) is 24.2 Å². The van der Waals surface area contributed by atoms with E-state index in [0.29, 0.717) is 56.0 Å². The quantitative estimate of drug-likeness (QED) is 0.110. The van der Waals surface area contributed by atoms with Crippen LogP contribution in [0.5, 0.6) is 0 Å². The number of aryl methyl sites for hydroxylation is 1. The Morgan fingerprint density at radius 1 is 0.833 bits per heavy atom. The van der Waals surface area contributed by atoms with E-state index in [4.69, 9.17) is 11.5 Å². The minimum atomic E-state index is -1.11. The molecule has 4 fully saturated rings. The van der Waals surface area contributed by atoms with Crippen molar-refractivity contribution in [3.05, 3.63) is 106 Å². The molecule has 1 saturated carbocycles. The van der Waals surface area contributed by atoms with Crippen molar-refractivity contribution in [1.29, 1.82) is 0 Å². The van der Waals surface area contributed by atoms with Crippen LogP contribution in [0, 0.1) is 5.92 Å². The number of fused-ring (bicyclic) bond motifs is 2. The molecule has 17 heteroatoms. The topological polar surface area (TPSA) is 241 Å². The summed E-state index contributed by atoms with van der Waals surface area (Å²) in [7, 11) is 1.69. The highest BCUT2D eigenvalue weighted by Gasteiger charge is 2.45. The van der Waals surface area contributed by atoms with E-state index in [0.717, 1.165) is 41.5 Å². The first-order chi connectivity index (χ1) is 31.8. The Bertz CT molecular complexity index is 2510. The van der Waals surface area contributed by atoms with Gasteiger partial charge in [0.2, 0.25) is 41.4 Å². The third kappa shape index (κ3) is 9.81. The number of piperidine rings is 1. The molecule has 5 atom stereocenters. The van der Waals surface area contributed by atoms with E-state index in [1.54, 1.807) is 21.4 Å². The van der Waals surface area contributed by atoms with Gasteiger partial charge < -0.3 is 31.9 Å². The van der Waals surface area contributed by atoms with Gasteiger partial charge in [-0.2, -0.15) is 0 Å². The minimum Gasteiger partial charge on any atom is -0.370 e. The Balaban J connectivity index is 0.831. The summed E-state index contributed by atoms with van der Waals surface area (Å²) in [4.78, 5) is 108.